The van der Waals surface area contributed by atoms with E-state index in [-0.39, 0.29) is 0 Å². The van der Waals surface area contributed by atoms with Gasteiger partial charge in [0, 0.05) is 7.05 Å². The molecule has 0 spiro atoms. The Morgan fingerprint density at radius 3 is 3.00 bits per heavy atom. The van der Waals surface area contributed by atoms with Gasteiger partial charge in [-0.3, -0.25) is 0 Å². The summed E-state index contributed by atoms with van der Waals surface area (Å²) in [6.45, 7) is 1.86. The first-order valence-corrected chi connectivity index (χ1v) is 3.57. The van der Waals surface area contributed by atoms with Gasteiger partial charge in [0.05, 0.1) is 5.69 Å². The summed E-state index contributed by atoms with van der Waals surface area (Å²) >= 11 is 0. The van der Waals surface area contributed by atoms with E-state index in [4.69, 9.17) is 4.52 Å². The zero-order chi connectivity index (χ0) is 8.55. The van der Waals surface area contributed by atoms with E-state index in [0.29, 0.717) is 5.71 Å². The average Bonchev–Trinajstić information content (AvgIpc) is 2.48. The molecule has 62 valence electrons. The van der Waals surface area contributed by atoms with Crippen molar-refractivity contribution in [2.24, 2.45) is 0 Å². The molecule has 1 N–H and O–H groups in total. The highest BCUT2D eigenvalue weighted by atomic mass is 16.5. The van der Waals surface area contributed by atoms with E-state index in [2.05, 4.69) is 20.4 Å². The average molecular weight is 164 g/mol. The smallest absolute Gasteiger partial charge is 0.263 e. The van der Waals surface area contributed by atoms with E-state index in [9.17, 15) is 0 Å². The van der Waals surface area contributed by atoms with Crippen molar-refractivity contribution in [2.45, 2.75) is 6.92 Å². The lowest BCUT2D eigenvalue weighted by atomic mass is 10.3. The molecular weight excluding hydrogens is 156 g/mol. The molecule has 0 radical (unpaired) electrons. The van der Waals surface area contributed by atoms with Crippen LogP contribution in [0.5, 0.6) is 0 Å². The second-order valence-corrected chi connectivity index (χ2v) is 2.42. The molecule has 5 nitrogen and oxygen atoms in total. The summed E-state index contributed by atoms with van der Waals surface area (Å²) in [5.74, 6) is 0.749. The quantitative estimate of drug-likeness (QED) is 0.680. The number of hydrogen-bond donors (Lipinski definition) is 1. The number of aromatic nitrogens is 3. The maximum absolute atomic E-state index is 4.95. The first-order chi connectivity index (χ1) is 5.83. The van der Waals surface area contributed by atoms with Crippen LogP contribution in [0.1, 0.15) is 5.69 Å². The van der Waals surface area contributed by atoms with Gasteiger partial charge in [-0.2, -0.15) is 4.98 Å². The van der Waals surface area contributed by atoms with Crippen molar-refractivity contribution < 1.29 is 4.52 Å². The van der Waals surface area contributed by atoms with Gasteiger partial charge in [0.15, 0.2) is 0 Å². The number of nitrogens with one attached hydrogen (secondary N) is 1. The Kier molecular flexibility index (Phi) is 1.43. The highest BCUT2D eigenvalue weighted by Gasteiger charge is 2.09. The van der Waals surface area contributed by atoms with Crippen molar-refractivity contribution in [1.82, 2.24) is 15.1 Å². The first kappa shape index (κ1) is 7.02. The van der Waals surface area contributed by atoms with Crippen molar-refractivity contribution in [3.8, 4) is 0 Å². The maximum atomic E-state index is 4.95. The Labute approximate surface area is 68.8 Å². The van der Waals surface area contributed by atoms with Gasteiger partial charge in [-0.15, -0.1) is 0 Å². The van der Waals surface area contributed by atoms with Crippen molar-refractivity contribution in [3.63, 3.8) is 0 Å². The predicted molar refractivity (Wildman–Crippen MR) is 43.9 cm³/mol. The topological polar surface area (TPSA) is 63.8 Å². The molecule has 2 aromatic rings. The number of nitrogens with zero attached hydrogens (tertiary/aromatic N) is 3. The Balaban J connectivity index is 2.84. The van der Waals surface area contributed by atoms with Crippen LogP contribution in [0.4, 0.5) is 5.82 Å². The fraction of sp³-hybridized carbons (Fsp3) is 0.286. The fourth-order valence-corrected chi connectivity index (χ4v) is 1.11. The molecule has 5 heteroatoms. The Morgan fingerprint density at radius 1 is 1.42 bits per heavy atom. The molecule has 0 aromatic carbocycles. The number of rotatable bonds is 1. The van der Waals surface area contributed by atoms with Crippen LogP contribution in [0.2, 0.25) is 0 Å². The molecule has 0 aliphatic carbocycles. The summed E-state index contributed by atoms with van der Waals surface area (Å²) in [5, 5.41) is 7.58. The van der Waals surface area contributed by atoms with E-state index >= 15 is 0 Å². The van der Waals surface area contributed by atoms with Crippen LogP contribution >= 0.6 is 0 Å². The third-order valence-electron chi connectivity index (χ3n) is 1.68. The fourth-order valence-electron chi connectivity index (χ4n) is 1.11. The lowest BCUT2D eigenvalue weighted by Crippen LogP contribution is -1.93. The Bertz CT molecular complexity index is 409. The Morgan fingerprint density at radius 2 is 2.25 bits per heavy atom. The monoisotopic (exact) mass is 164 g/mol. The van der Waals surface area contributed by atoms with Crippen molar-refractivity contribution in [2.75, 3.05) is 12.4 Å². The second kappa shape index (κ2) is 2.44. The summed E-state index contributed by atoms with van der Waals surface area (Å²) < 4.78 is 4.95. The van der Waals surface area contributed by atoms with Crippen molar-refractivity contribution >= 4 is 16.9 Å². The predicted octanol–water partition coefficient (Wildman–Crippen LogP) is 0.968. The minimum Gasteiger partial charge on any atom is -0.372 e. The molecule has 0 aliphatic rings. The molecule has 0 saturated carbocycles. The van der Waals surface area contributed by atoms with Crippen LogP contribution in [0.15, 0.2) is 10.9 Å². The molecule has 0 saturated heterocycles. The highest BCUT2D eigenvalue weighted by molar-refractivity contribution is 5.86. The zero-order valence-electron chi connectivity index (χ0n) is 6.83. The van der Waals surface area contributed by atoms with E-state index in [1.807, 2.05) is 6.92 Å². The van der Waals surface area contributed by atoms with Gasteiger partial charge >= 0.3 is 0 Å². The zero-order valence-corrected chi connectivity index (χ0v) is 6.83. The molecular formula is C7H8N4O. The van der Waals surface area contributed by atoms with Gasteiger partial charge in [0.1, 0.15) is 17.5 Å². The Hall–Kier alpha value is -1.65. The molecule has 2 aromatic heterocycles. The molecule has 2 heterocycles. The lowest BCUT2D eigenvalue weighted by Gasteiger charge is -1.97. The largest absolute Gasteiger partial charge is 0.372 e. The third kappa shape index (κ3) is 0.827. The van der Waals surface area contributed by atoms with Gasteiger partial charge in [-0.1, -0.05) is 5.16 Å². The summed E-state index contributed by atoms with van der Waals surface area (Å²) in [6.07, 6.45) is 1.44. The molecule has 0 bridgehead atoms. The summed E-state index contributed by atoms with van der Waals surface area (Å²) in [6, 6.07) is 0. The van der Waals surface area contributed by atoms with E-state index in [1.54, 1.807) is 7.05 Å². The van der Waals surface area contributed by atoms with Crippen LogP contribution in [-0.2, 0) is 0 Å². The summed E-state index contributed by atoms with van der Waals surface area (Å²) in [5.41, 5.74) is 1.32. The first-order valence-electron chi connectivity index (χ1n) is 3.57. The molecule has 0 unspecified atom stereocenters. The van der Waals surface area contributed by atoms with Crippen LogP contribution in [0.3, 0.4) is 0 Å². The van der Waals surface area contributed by atoms with Gasteiger partial charge in [0.2, 0.25) is 0 Å². The second-order valence-electron chi connectivity index (χ2n) is 2.42. The molecule has 0 atom stereocenters. The number of fused-ring (bicyclic) bond motifs is 1. The van der Waals surface area contributed by atoms with Crippen LogP contribution in [0, 0.1) is 6.92 Å². The van der Waals surface area contributed by atoms with Gasteiger partial charge in [-0.25, -0.2) is 4.98 Å². The van der Waals surface area contributed by atoms with Crippen molar-refractivity contribution in [1.29, 1.82) is 0 Å². The SMILES string of the molecule is CNc1ncnc2onc(C)c12. The van der Waals surface area contributed by atoms with Crippen LogP contribution in [0.25, 0.3) is 11.1 Å². The number of hydrogen-bond acceptors (Lipinski definition) is 5. The van der Waals surface area contributed by atoms with Gasteiger partial charge in [0.25, 0.3) is 5.71 Å². The standard InChI is InChI=1S/C7H8N4O/c1-4-5-6(8-2)9-3-10-7(5)12-11-4/h3H,1-2H3,(H,8,9,10). The molecule has 0 amide bonds. The van der Waals surface area contributed by atoms with Crippen LogP contribution < -0.4 is 5.32 Å². The van der Waals surface area contributed by atoms with Gasteiger partial charge in [-0.05, 0) is 6.92 Å². The summed E-state index contributed by atoms with van der Waals surface area (Å²) in [4.78, 5) is 7.97. The molecule has 2 rings (SSSR count). The summed E-state index contributed by atoms with van der Waals surface area (Å²) in [7, 11) is 1.80. The van der Waals surface area contributed by atoms with E-state index in [0.717, 1.165) is 16.9 Å². The maximum Gasteiger partial charge on any atom is 0.263 e. The van der Waals surface area contributed by atoms with Crippen LogP contribution in [-0.4, -0.2) is 22.2 Å². The molecule has 0 aliphatic heterocycles. The molecule has 12 heavy (non-hydrogen) atoms. The van der Waals surface area contributed by atoms with E-state index < -0.39 is 0 Å². The number of anilines is 1. The van der Waals surface area contributed by atoms with Gasteiger partial charge < -0.3 is 9.84 Å². The number of aryl methyl sites for hydroxylation is 1. The lowest BCUT2D eigenvalue weighted by molar-refractivity contribution is 0.442. The highest BCUT2D eigenvalue weighted by Crippen LogP contribution is 2.21. The molecule has 0 fully saturated rings. The van der Waals surface area contributed by atoms with E-state index in [1.165, 1.54) is 6.33 Å². The normalized spacial score (nSPS) is 10.5. The third-order valence-corrected chi connectivity index (χ3v) is 1.68. The van der Waals surface area contributed by atoms with Crippen molar-refractivity contribution in [3.05, 3.63) is 12.0 Å². The minimum atomic E-state index is 0.520. The minimum absolute atomic E-state index is 0.520.